The number of aromatic nitrogens is 1. The standard InChI is InChI=1S/C30H38ClN3O8/c1-4-5-6-7-8-9-10-11-12-13-17-40-27(37)20-14-15-21(31)23(19-20)32-26(36)24(25(35)22-16-18-41-33-22)34-28(38)30(2,3)42-29(34)39/h14-16,18-19,24H,4-13,17H2,1-3H3,(H,32,36). The summed E-state index contributed by atoms with van der Waals surface area (Å²) in [6, 6.07) is 3.35. The van der Waals surface area contributed by atoms with Gasteiger partial charge < -0.3 is 19.3 Å². The van der Waals surface area contributed by atoms with E-state index in [9.17, 15) is 24.0 Å². The molecule has 1 saturated heterocycles. The minimum atomic E-state index is -1.97. The van der Waals surface area contributed by atoms with Crippen molar-refractivity contribution in [3.8, 4) is 0 Å². The third-order valence-electron chi connectivity index (χ3n) is 6.91. The average molecular weight is 604 g/mol. The van der Waals surface area contributed by atoms with Crippen molar-refractivity contribution in [2.24, 2.45) is 0 Å². The quantitative estimate of drug-likeness (QED) is 0.0945. The molecule has 0 spiro atoms. The zero-order chi connectivity index (χ0) is 30.7. The molecule has 1 N–H and O–H groups in total. The van der Waals surface area contributed by atoms with Crippen LogP contribution in [0, 0.1) is 0 Å². The Morgan fingerprint density at radius 1 is 1.00 bits per heavy atom. The maximum atomic E-state index is 13.4. The van der Waals surface area contributed by atoms with E-state index >= 15 is 0 Å². The molecule has 2 aromatic rings. The highest BCUT2D eigenvalue weighted by atomic mass is 35.5. The number of amides is 3. The number of halogens is 1. The minimum absolute atomic E-state index is 0.0210. The molecule has 1 aliphatic rings. The van der Waals surface area contributed by atoms with E-state index in [1.54, 1.807) is 0 Å². The van der Waals surface area contributed by atoms with Gasteiger partial charge in [0.1, 0.15) is 6.26 Å². The second kappa shape index (κ2) is 15.5. The number of ketones is 1. The van der Waals surface area contributed by atoms with Gasteiger partial charge in [-0.05, 0) is 38.5 Å². The lowest BCUT2D eigenvalue weighted by molar-refractivity contribution is -0.137. The zero-order valence-corrected chi connectivity index (χ0v) is 25.0. The summed E-state index contributed by atoms with van der Waals surface area (Å²) in [6.45, 7) is 5.14. The third-order valence-corrected chi connectivity index (χ3v) is 7.24. The summed E-state index contributed by atoms with van der Waals surface area (Å²) in [7, 11) is 0. The molecule has 1 unspecified atom stereocenters. The Kier molecular flexibility index (Phi) is 12.1. The van der Waals surface area contributed by atoms with Crippen molar-refractivity contribution < 1.29 is 38.0 Å². The van der Waals surface area contributed by atoms with E-state index in [0.29, 0.717) is 4.90 Å². The third kappa shape index (κ3) is 8.64. The van der Waals surface area contributed by atoms with Gasteiger partial charge in [0.15, 0.2) is 17.3 Å². The van der Waals surface area contributed by atoms with Gasteiger partial charge in [-0.15, -0.1) is 0 Å². The van der Waals surface area contributed by atoms with E-state index in [-0.39, 0.29) is 28.6 Å². The molecular weight excluding hydrogens is 566 g/mol. The van der Waals surface area contributed by atoms with Crippen LogP contribution in [0.4, 0.5) is 10.5 Å². The number of unbranched alkanes of at least 4 members (excludes halogenated alkanes) is 9. The molecule has 11 nitrogen and oxygen atoms in total. The highest BCUT2D eigenvalue weighted by Crippen LogP contribution is 2.29. The second-order valence-corrected chi connectivity index (χ2v) is 11.1. The highest BCUT2D eigenvalue weighted by Gasteiger charge is 2.54. The van der Waals surface area contributed by atoms with E-state index in [1.807, 2.05) is 0 Å². The predicted molar refractivity (Wildman–Crippen MR) is 154 cm³/mol. The van der Waals surface area contributed by atoms with Crippen LogP contribution in [0.15, 0.2) is 35.1 Å². The van der Waals surface area contributed by atoms with Crippen LogP contribution < -0.4 is 5.32 Å². The first kappa shape index (κ1) is 32.8. The van der Waals surface area contributed by atoms with E-state index in [2.05, 4.69) is 21.9 Å². The van der Waals surface area contributed by atoms with Crippen molar-refractivity contribution in [1.29, 1.82) is 0 Å². The van der Waals surface area contributed by atoms with Crippen LogP contribution in [0.3, 0.4) is 0 Å². The summed E-state index contributed by atoms with van der Waals surface area (Å²) in [5, 5.41) is 6.03. The second-order valence-electron chi connectivity index (χ2n) is 10.7. The lowest BCUT2D eigenvalue weighted by atomic mass is 10.0. The number of esters is 1. The Bertz CT molecular complexity index is 1260. The molecule has 0 bridgehead atoms. The topological polar surface area (TPSA) is 145 Å². The number of Topliss-reactive ketones (excluding diaryl/α,β-unsaturated/α-hetero) is 1. The molecular formula is C30H38ClN3O8. The van der Waals surface area contributed by atoms with Crippen LogP contribution in [0.1, 0.15) is 106 Å². The van der Waals surface area contributed by atoms with E-state index in [4.69, 9.17) is 21.1 Å². The zero-order valence-electron chi connectivity index (χ0n) is 24.3. The molecule has 2 heterocycles. The van der Waals surface area contributed by atoms with Gasteiger partial charge in [-0.3, -0.25) is 14.4 Å². The number of cyclic esters (lactones) is 1. The summed E-state index contributed by atoms with van der Waals surface area (Å²) >= 11 is 6.26. The largest absolute Gasteiger partial charge is 0.462 e. The Balaban J connectivity index is 1.60. The number of imide groups is 1. The van der Waals surface area contributed by atoms with Crippen LogP contribution in [0.25, 0.3) is 0 Å². The Hall–Kier alpha value is -3.73. The van der Waals surface area contributed by atoms with Gasteiger partial charge in [0.2, 0.25) is 5.78 Å². The summed E-state index contributed by atoms with van der Waals surface area (Å²) in [6.07, 6.45) is 11.5. The highest BCUT2D eigenvalue weighted by molar-refractivity contribution is 6.34. The number of carbonyl (C=O) groups is 5. The van der Waals surface area contributed by atoms with Gasteiger partial charge >= 0.3 is 12.1 Å². The minimum Gasteiger partial charge on any atom is -0.462 e. The lowest BCUT2D eigenvalue weighted by Gasteiger charge is -2.22. The summed E-state index contributed by atoms with van der Waals surface area (Å²) in [5.74, 6) is -3.54. The molecule has 228 valence electrons. The number of nitrogens with one attached hydrogen (secondary N) is 1. The average Bonchev–Trinajstić information content (AvgIpc) is 3.55. The van der Waals surface area contributed by atoms with Crippen molar-refractivity contribution in [2.45, 2.75) is 96.6 Å². The number of hydrogen-bond donors (Lipinski definition) is 1. The Morgan fingerprint density at radius 3 is 2.21 bits per heavy atom. The van der Waals surface area contributed by atoms with Gasteiger partial charge in [0.05, 0.1) is 22.9 Å². The maximum absolute atomic E-state index is 13.4. The van der Waals surface area contributed by atoms with Crippen LogP contribution in [-0.4, -0.2) is 58.0 Å². The molecule has 0 saturated carbocycles. The first-order chi connectivity index (χ1) is 20.1. The van der Waals surface area contributed by atoms with Gasteiger partial charge in [-0.2, -0.15) is 0 Å². The molecule has 1 fully saturated rings. The number of carbonyl (C=O) groups excluding carboxylic acids is 5. The smallest absolute Gasteiger partial charge is 0.418 e. The molecule has 1 atom stereocenters. The van der Waals surface area contributed by atoms with Crippen molar-refractivity contribution in [3.63, 3.8) is 0 Å². The first-order valence-electron chi connectivity index (χ1n) is 14.4. The van der Waals surface area contributed by atoms with E-state index in [0.717, 1.165) is 25.5 Å². The summed E-state index contributed by atoms with van der Waals surface area (Å²) < 4.78 is 15.1. The molecule has 3 amide bonds. The molecule has 1 aromatic heterocycles. The fraction of sp³-hybridized carbons (Fsp3) is 0.533. The van der Waals surface area contributed by atoms with Crippen molar-refractivity contribution in [1.82, 2.24) is 10.1 Å². The molecule has 0 radical (unpaired) electrons. The SMILES string of the molecule is CCCCCCCCCCCCOC(=O)c1ccc(Cl)c(NC(=O)C(C(=O)c2ccon2)N2C(=O)OC(C)(C)C2=O)c1. The molecule has 3 rings (SSSR count). The number of benzene rings is 1. The Morgan fingerprint density at radius 2 is 1.64 bits per heavy atom. The molecule has 42 heavy (non-hydrogen) atoms. The number of ether oxygens (including phenoxy) is 2. The van der Waals surface area contributed by atoms with E-state index < -0.39 is 41.3 Å². The summed E-state index contributed by atoms with van der Waals surface area (Å²) in [4.78, 5) is 65.1. The molecule has 0 aliphatic carbocycles. The number of nitrogens with zero attached hydrogens (tertiary/aromatic N) is 2. The Labute approximate surface area is 250 Å². The van der Waals surface area contributed by atoms with Gasteiger partial charge in [0.25, 0.3) is 11.8 Å². The van der Waals surface area contributed by atoms with Crippen LogP contribution in [0.5, 0.6) is 0 Å². The van der Waals surface area contributed by atoms with Crippen molar-refractivity contribution >= 4 is 46.9 Å². The van der Waals surface area contributed by atoms with Crippen molar-refractivity contribution in [2.75, 3.05) is 11.9 Å². The van der Waals surface area contributed by atoms with Crippen LogP contribution >= 0.6 is 11.6 Å². The predicted octanol–water partition coefficient (Wildman–Crippen LogP) is 6.35. The fourth-order valence-corrected chi connectivity index (χ4v) is 4.69. The number of rotatable bonds is 17. The lowest BCUT2D eigenvalue weighted by Crippen LogP contribution is -2.53. The maximum Gasteiger partial charge on any atom is 0.418 e. The van der Waals surface area contributed by atoms with E-state index in [1.165, 1.54) is 83.1 Å². The molecule has 1 aliphatic heterocycles. The monoisotopic (exact) mass is 603 g/mol. The van der Waals surface area contributed by atoms with Crippen LogP contribution in [0.2, 0.25) is 5.02 Å². The molecule has 12 heteroatoms. The molecule has 1 aromatic carbocycles. The van der Waals surface area contributed by atoms with Crippen molar-refractivity contribution in [3.05, 3.63) is 46.8 Å². The van der Waals surface area contributed by atoms with Gasteiger partial charge in [0, 0.05) is 6.07 Å². The number of hydrogen-bond acceptors (Lipinski definition) is 9. The normalized spacial score (nSPS) is 14.9. The first-order valence-corrected chi connectivity index (χ1v) is 14.7. The number of anilines is 1. The van der Waals surface area contributed by atoms with Gasteiger partial charge in [-0.25, -0.2) is 14.5 Å². The summed E-state index contributed by atoms with van der Waals surface area (Å²) in [5.41, 5.74) is -1.77. The fourth-order valence-electron chi connectivity index (χ4n) is 4.53. The van der Waals surface area contributed by atoms with Gasteiger partial charge in [-0.1, -0.05) is 81.5 Å². The van der Waals surface area contributed by atoms with Crippen LogP contribution in [-0.2, 0) is 19.1 Å².